The Balaban J connectivity index is 1.92. The first kappa shape index (κ1) is 13.9. The number of aromatic nitrogens is 2. The fourth-order valence-corrected chi connectivity index (χ4v) is 2.87. The van der Waals surface area contributed by atoms with E-state index < -0.39 is 11.7 Å². The summed E-state index contributed by atoms with van der Waals surface area (Å²) < 4.78 is 18.4. The van der Waals surface area contributed by atoms with Crippen molar-refractivity contribution in [1.82, 2.24) is 9.36 Å². The molecule has 1 amide bonds. The van der Waals surface area contributed by atoms with Crippen LogP contribution < -0.4 is 5.32 Å². The van der Waals surface area contributed by atoms with E-state index in [4.69, 9.17) is 11.6 Å². The van der Waals surface area contributed by atoms with E-state index in [9.17, 15) is 9.18 Å². The van der Waals surface area contributed by atoms with Crippen molar-refractivity contribution in [1.29, 1.82) is 0 Å². The van der Waals surface area contributed by atoms with Gasteiger partial charge < -0.3 is 5.32 Å². The Kier molecular flexibility index (Phi) is 3.57. The molecule has 0 atom stereocenters. The molecular formula is C14H9ClFN3OS. The molecule has 0 radical (unpaired) electrons. The highest BCUT2D eigenvalue weighted by Gasteiger charge is 2.13. The lowest BCUT2D eigenvalue weighted by Gasteiger charge is -2.06. The zero-order chi connectivity index (χ0) is 15.0. The number of hydrogen-bond donors (Lipinski definition) is 1. The topological polar surface area (TPSA) is 54.9 Å². The van der Waals surface area contributed by atoms with Crippen molar-refractivity contribution in [3.8, 4) is 0 Å². The first-order chi connectivity index (χ1) is 10.0. The van der Waals surface area contributed by atoms with Gasteiger partial charge in [0.25, 0.3) is 5.91 Å². The van der Waals surface area contributed by atoms with Crippen molar-refractivity contribution in [3.63, 3.8) is 0 Å². The van der Waals surface area contributed by atoms with E-state index in [1.54, 1.807) is 6.07 Å². The average molecular weight is 322 g/mol. The third-order valence-electron chi connectivity index (χ3n) is 2.96. The molecule has 2 aromatic heterocycles. The van der Waals surface area contributed by atoms with Gasteiger partial charge in [-0.2, -0.15) is 4.37 Å². The van der Waals surface area contributed by atoms with Crippen LogP contribution >= 0.6 is 23.1 Å². The third kappa shape index (κ3) is 2.72. The molecule has 0 unspecified atom stereocenters. The summed E-state index contributed by atoms with van der Waals surface area (Å²) in [4.78, 5) is 15.7. The van der Waals surface area contributed by atoms with E-state index in [0.29, 0.717) is 5.69 Å². The smallest absolute Gasteiger partial charge is 0.258 e. The van der Waals surface area contributed by atoms with E-state index in [2.05, 4.69) is 14.7 Å². The molecule has 2 heterocycles. The van der Waals surface area contributed by atoms with Crippen LogP contribution in [0.1, 0.15) is 16.1 Å². The Labute approximate surface area is 128 Å². The molecular weight excluding hydrogens is 313 g/mol. The number of amides is 1. The maximum absolute atomic E-state index is 13.2. The SMILES string of the molecule is Cc1nsc2ccc(NC(=O)c3cc(F)cnc3Cl)cc12. The molecule has 3 aromatic rings. The quantitative estimate of drug-likeness (QED) is 0.725. The van der Waals surface area contributed by atoms with Crippen molar-refractivity contribution < 1.29 is 9.18 Å². The maximum Gasteiger partial charge on any atom is 0.258 e. The maximum atomic E-state index is 13.2. The molecule has 106 valence electrons. The molecule has 3 rings (SSSR count). The number of carbonyl (C=O) groups is 1. The highest BCUT2D eigenvalue weighted by atomic mass is 35.5. The van der Waals surface area contributed by atoms with Crippen LogP contribution in [0, 0.1) is 12.7 Å². The van der Waals surface area contributed by atoms with Crippen LogP contribution in [0.15, 0.2) is 30.5 Å². The largest absolute Gasteiger partial charge is 0.322 e. The van der Waals surface area contributed by atoms with Crippen molar-refractivity contribution in [2.24, 2.45) is 0 Å². The summed E-state index contributed by atoms with van der Waals surface area (Å²) in [6, 6.07) is 6.52. The number of anilines is 1. The summed E-state index contributed by atoms with van der Waals surface area (Å²) in [5, 5.41) is 3.62. The Morgan fingerprint density at radius 1 is 1.38 bits per heavy atom. The molecule has 21 heavy (non-hydrogen) atoms. The summed E-state index contributed by atoms with van der Waals surface area (Å²) >= 11 is 7.21. The average Bonchev–Trinajstić information content (AvgIpc) is 2.83. The lowest BCUT2D eigenvalue weighted by Crippen LogP contribution is -2.13. The predicted molar refractivity (Wildman–Crippen MR) is 81.5 cm³/mol. The van der Waals surface area contributed by atoms with Crippen molar-refractivity contribution in [3.05, 3.63) is 52.7 Å². The second kappa shape index (κ2) is 5.38. The van der Waals surface area contributed by atoms with Gasteiger partial charge >= 0.3 is 0 Å². The standard InChI is InChI=1S/C14H9ClFN3OS/c1-7-10-5-9(2-3-12(10)21-19-7)18-14(20)11-4-8(16)6-17-13(11)15/h2-6H,1H3,(H,18,20). The van der Waals surface area contributed by atoms with Crippen LogP contribution in [-0.4, -0.2) is 15.3 Å². The monoisotopic (exact) mass is 321 g/mol. The zero-order valence-corrected chi connectivity index (χ0v) is 12.4. The second-order valence-corrected chi connectivity index (χ2v) is 5.59. The Morgan fingerprint density at radius 2 is 2.19 bits per heavy atom. The Morgan fingerprint density at radius 3 is 3.00 bits per heavy atom. The lowest BCUT2D eigenvalue weighted by atomic mass is 10.2. The number of benzene rings is 1. The predicted octanol–water partition coefficient (Wildman–Crippen LogP) is 4.04. The molecule has 0 saturated heterocycles. The number of carbonyl (C=O) groups excluding carboxylic acids is 1. The molecule has 4 nitrogen and oxygen atoms in total. The number of nitrogens with zero attached hydrogens (tertiary/aromatic N) is 2. The molecule has 1 aromatic carbocycles. The molecule has 0 aliphatic rings. The number of pyridine rings is 1. The van der Waals surface area contributed by atoms with Crippen LogP contribution in [0.5, 0.6) is 0 Å². The summed E-state index contributed by atoms with van der Waals surface area (Å²) in [5.74, 6) is -1.12. The van der Waals surface area contributed by atoms with Gasteiger partial charge in [-0.3, -0.25) is 4.79 Å². The van der Waals surface area contributed by atoms with Gasteiger partial charge in [-0.15, -0.1) is 0 Å². The molecule has 0 bridgehead atoms. The second-order valence-electron chi connectivity index (χ2n) is 4.42. The number of nitrogens with one attached hydrogen (secondary N) is 1. The van der Waals surface area contributed by atoms with Crippen LogP contribution in [0.25, 0.3) is 10.1 Å². The van der Waals surface area contributed by atoms with E-state index in [1.165, 1.54) is 11.5 Å². The molecule has 0 aliphatic heterocycles. The van der Waals surface area contributed by atoms with Gasteiger partial charge in [0.1, 0.15) is 11.0 Å². The molecule has 7 heteroatoms. The fourth-order valence-electron chi connectivity index (χ4n) is 1.92. The minimum atomic E-state index is -0.613. The lowest BCUT2D eigenvalue weighted by molar-refractivity contribution is 0.102. The summed E-state index contributed by atoms with van der Waals surface area (Å²) in [6.07, 6.45) is 0.964. The van der Waals surface area contributed by atoms with Crippen LogP contribution in [0.4, 0.5) is 10.1 Å². The van der Waals surface area contributed by atoms with Gasteiger partial charge in [-0.05, 0) is 42.7 Å². The molecule has 0 saturated carbocycles. The van der Waals surface area contributed by atoms with Gasteiger partial charge in [-0.1, -0.05) is 11.6 Å². The highest BCUT2D eigenvalue weighted by Crippen LogP contribution is 2.26. The minimum absolute atomic E-state index is 0.00284. The zero-order valence-electron chi connectivity index (χ0n) is 10.9. The van der Waals surface area contributed by atoms with E-state index in [1.807, 2.05) is 19.1 Å². The first-order valence-corrected chi connectivity index (χ1v) is 7.18. The highest BCUT2D eigenvalue weighted by molar-refractivity contribution is 7.13. The van der Waals surface area contributed by atoms with E-state index in [-0.39, 0.29) is 10.7 Å². The fraction of sp³-hybridized carbons (Fsp3) is 0.0714. The van der Waals surface area contributed by atoms with Crippen molar-refractivity contribution in [2.75, 3.05) is 5.32 Å². The normalized spacial score (nSPS) is 10.8. The van der Waals surface area contributed by atoms with Gasteiger partial charge in [-0.25, -0.2) is 9.37 Å². The van der Waals surface area contributed by atoms with Crippen LogP contribution in [0.2, 0.25) is 5.15 Å². The Bertz CT molecular complexity index is 849. The molecule has 1 N–H and O–H groups in total. The van der Waals surface area contributed by atoms with E-state index >= 15 is 0 Å². The minimum Gasteiger partial charge on any atom is -0.322 e. The number of fused-ring (bicyclic) bond motifs is 1. The van der Waals surface area contributed by atoms with E-state index in [0.717, 1.165) is 28.0 Å². The van der Waals surface area contributed by atoms with Gasteiger partial charge in [0, 0.05) is 11.1 Å². The van der Waals surface area contributed by atoms with Crippen molar-refractivity contribution in [2.45, 2.75) is 6.92 Å². The van der Waals surface area contributed by atoms with Gasteiger partial charge in [0.15, 0.2) is 0 Å². The molecule has 0 aliphatic carbocycles. The Hall–Kier alpha value is -2.05. The number of aryl methyl sites for hydroxylation is 1. The summed E-state index contributed by atoms with van der Waals surface area (Å²) in [5.41, 5.74) is 1.49. The van der Waals surface area contributed by atoms with Crippen molar-refractivity contribution >= 4 is 44.8 Å². The number of rotatable bonds is 2. The van der Waals surface area contributed by atoms with Crippen LogP contribution in [-0.2, 0) is 0 Å². The molecule has 0 spiro atoms. The summed E-state index contributed by atoms with van der Waals surface area (Å²) in [7, 11) is 0. The molecule has 0 fully saturated rings. The number of halogens is 2. The summed E-state index contributed by atoms with van der Waals surface area (Å²) in [6.45, 7) is 1.90. The van der Waals surface area contributed by atoms with Gasteiger partial charge in [0.05, 0.1) is 22.2 Å². The third-order valence-corrected chi connectivity index (χ3v) is 4.18. The number of hydrogen-bond acceptors (Lipinski definition) is 4. The first-order valence-electron chi connectivity index (χ1n) is 6.03. The van der Waals surface area contributed by atoms with Gasteiger partial charge in [0.2, 0.25) is 0 Å². The van der Waals surface area contributed by atoms with Crippen LogP contribution in [0.3, 0.4) is 0 Å².